The molecule has 1 aliphatic heterocycles. The van der Waals surface area contributed by atoms with Gasteiger partial charge in [-0.15, -0.1) is 0 Å². The van der Waals surface area contributed by atoms with Crippen molar-refractivity contribution >= 4 is 11.8 Å². The molecule has 1 N–H and O–H groups in total. The average molecular weight is 258 g/mol. The summed E-state index contributed by atoms with van der Waals surface area (Å²) in [5.41, 5.74) is 0.732. The van der Waals surface area contributed by atoms with Crippen LogP contribution >= 0.6 is 0 Å². The van der Waals surface area contributed by atoms with E-state index < -0.39 is 0 Å². The van der Waals surface area contributed by atoms with Gasteiger partial charge in [0.05, 0.1) is 12.0 Å². The quantitative estimate of drug-likeness (QED) is 0.862. The minimum absolute atomic E-state index is 0.0466. The van der Waals surface area contributed by atoms with Crippen LogP contribution in [0.15, 0.2) is 30.3 Å². The summed E-state index contributed by atoms with van der Waals surface area (Å²) >= 11 is 0. The standard InChI is InChI=1S/C15H18N2O2/c18-13-11-17(10-4-9-16-13)14(19)15(7-8-15)12-5-2-1-3-6-12/h1-3,5-6H,4,7-11H2,(H,16,18). The van der Waals surface area contributed by atoms with E-state index in [0.29, 0.717) is 13.1 Å². The van der Waals surface area contributed by atoms with Crippen LogP contribution < -0.4 is 5.32 Å². The zero-order valence-corrected chi connectivity index (χ0v) is 10.9. The smallest absolute Gasteiger partial charge is 0.239 e. The Morgan fingerprint density at radius 3 is 2.63 bits per heavy atom. The molecule has 1 aliphatic carbocycles. The lowest BCUT2D eigenvalue weighted by Crippen LogP contribution is -2.43. The zero-order chi connectivity index (χ0) is 13.3. The molecule has 1 saturated heterocycles. The Hall–Kier alpha value is -1.84. The van der Waals surface area contributed by atoms with Gasteiger partial charge in [-0.3, -0.25) is 9.59 Å². The first kappa shape index (κ1) is 12.2. The molecule has 0 bridgehead atoms. The van der Waals surface area contributed by atoms with Gasteiger partial charge in [0, 0.05) is 13.1 Å². The summed E-state index contributed by atoms with van der Waals surface area (Å²) in [4.78, 5) is 26.0. The topological polar surface area (TPSA) is 49.4 Å². The molecule has 4 nitrogen and oxygen atoms in total. The molecule has 19 heavy (non-hydrogen) atoms. The summed E-state index contributed by atoms with van der Waals surface area (Å²) in [5, 5.41) is 2.81. The van der Waals surface area contributed by atoms with Crippen LogP contribution in [0, 0.1) is 0 Å². The summed E-state index contributed by atoms with van der Waals surface area (Å²) in [7, 11) is 0. The lowest BCUT2D eigenvalue weighted by atomic mass is 9.94. The molecule has 0 aromatic heterocycles. The van der Waals surface area contributed by atoms with Crippen molar-refractivity contribution in [1.82, 2.24) is 10.2 Å². The van der Waals surface area contributed by atoms with Crippen LogP contribution in [0.3, 0.4) is 0 Å². The Balaban J connectivity index is 1.82. The highest BCUT2D eigenvalue weighted by Gasteiger charge is 2.53. The van der Waals surface area contributed by atoms with Gasteiger partial charge in [0.1, 0.15) is 0 Å². The van der Waals surface area contributed by atoms with Crippen molar-refractivity contribution in [2.24, 2.45) is 0 Å². The van der Waals surface area contributed by atoms with Gasteiger partial charge in [0.2, 0.25) is 11.8 Å². The molecule has 1 aromatic carbocycles. The lowest BCUT2D eigenvalue weighted by Gasteiger charge is -2.25. The fraction of sp³-hybridized carbons (Fsp3) is 0.467. The van der Waals surface area contributed by atoms with Crippen molar-refractivity contribution in [3.63, 3.8) is 0 Å². The van der Waals surface area contributed by atoms with E-state index in [1.807, 2.05) is 30.3 Å². The fourth-order valence-electron chi connectivity index (χ4n) is 2.79. The third-order valence-electron chi connectivity index (χ3n) is 4.03. The molecule has 0 unspecified atom stereocenters. The first-order valence-corrected chi connectivity index (χ1v) is 6.84. The van der Waals surface area contributed by atoms with Gasteiger partial charge < -0.3 is 10.2 Å². The van der Waals surface area contributed by atoms with E-state index in [9.17, 15) is 9.59 Å². The fourth-order valence-corrected chi connectivity index (χ4v) is 2.79. The first-order valence-electron chi connectivity index (χ1n) is 6.84. The Bertz CT molecular complexity index is 494. The third-order valence-corrected chi connectivity index (χ3v) is 4.03. The number of hydrogen-bond acceptors (Lipinski definition) is 2. The Morgan fingerprint density at radius 2 is 1.95 bits per heavy atom. The van der Waals surface area contributed by atoms with E-state index in [0.717, 1.165) is 24.8 Å². The number of carbonyl (C=O) groups is 2. The molecule has 100 valence electrons. The SMILES string of the molecule is O=C1CN(C(=O)C2(c3ccccc3)CC2)CCCN1. The number of rotatable bonds is 2. The zero-order valence-electron chi connectivity index (χ0n) is 10.9. The van der Waals surface area contributed by atoms with E-state index in [4.69, 9.17) is 0 Å². The van der Waals surface area contributed by atoms with Crippen molar-refractivity contribution in [3.8, 4) is 0 Å². The van der Waals surface area contributed by atoms with Crippen molar-refractivity contribution in [2.45, 2.75) is 24.7 Å². The Labute approximate surface area is 112 Å². The molecular weight excluding hydrogens is 240 g/mol. The van der Waals surface area contributed by atoms with E-state index in [1.165, 1.54) is 0 Å². The largest absolute Gasteiger partial charge is 0.354 e. The van der Waals surface area contributed by atoms with Crippen LogP contribution in [-0.4, -0.2) is 36.3 Å². The van der Waals surface area contributed by atoms with Crippen LogP contribution in [0.1, 0.15) is 24.8 Å². The summed E-state index contributed by atoms with van der Waals surface area (Å²) < 4.78 is 0. The number of nitrogens with zero attached hydrogens (tertiary/aromatic N) is 1. The van der Waals surface area contributed by atoms with Crippen LogP contribution in [0.2, 0.25) is 0 Å². The van der Waals surface area contributed by atoms with Crippen molar-refractivity contribution < 1.29 is 9.59 Å². The molecule has 3 rings (SSSR count). The van der Waals surface area contributed by atoms with Crippen LogP contribution in [0.25, 0.3) is 0 Å². The molecule has 0 atom stereocenters. The second-order valence-corrected chi connectivity index (χ2v) is 5.38. The molecule has 1 saturated carbocycles. The van der Waals surface area contributed by atoms with Crippen molar-refractivity contribution in [1.29, 1.82) is 0 Å². The normalized spacial score (nSPS) is 21.5. The van der Waals surface area contributed by atoms with Gasteiger partial charge in [-0.2, -0.15) is 0 Å². The van der Waals surface area contributed by atoms with E-state index >= 15 is 0 Å². The van der Waals surface area contributed by atoms with Gasteiger partial charge in [-0.05, 0) is 24.8 Å². The van der Waals surface area contributed by atoms with Crippen LogP contribution in [0.4, 0.5) is 0 Å². The van der Waals surface area contributed by atoms with Gasteiger partial charge in [0.25, 0.3) is 0 Å². The minimum atomic E-state index is -0.355. The van der Waals surface area contributed by atoms with Gasteiger partial charge in [0.15, 0.2) is 0 Å². The lowest BCUT2D eigenvalue weighted by molar-refractivity contribution is -0.137. The highest BCUT2D eigenvalue weighted by molar-refractivity contribution is 5.94. The van der Waals surface area contributed by atoms with Gasteiger partial charge in [-0.1, -0.05) is 30.3 Å². The second kappa shape index (κ2) is 4.68. The van der Waals surface area contributed by atoms with Crippen molar-refractivity contribution in [3.05, 3.63) is 35.9 Å². The molecular formula is C15H18N2O2. The molecule has 2 aliphatic rings. The third kappa shape index (κ3) is 2.23. The summed E-state index contributed by atoms with van der Waals surface area (Å²) in [6.45, 7) is 1.54. The monoisotopic (exact) mass is 258 g/mol. The molecule has 2 amide bonds. The number of amides is 2. The molecule has 1 aromatic rings. The summed E-state index contributed by atoms with van der Waals surface area (Å²) in [6, 6.07) is 9.94. The minimum Gasteiger partial charge on any atom is -0.354 e. The maximum atomic E-state index is 12.7. The average Bonchev–Trinajstić information content (AvgIpc) is 3.24. The Kier molecular flexibility index (Phi) is 3.01. The van der Waals surface area contributed by atoms with E-state index in [2.05, 4.69) is 5.32 Å². The number of hydrogen-bond donors (Lipinski definition) is 1. The summed E-state index contributed by atoms with van der Waals surface area (Å²) in [6.07, 6.45) is 2.63. The second-order valence-electron chi connectivity index (χ2n) is 5.38. The van der Waals surface area contributed by atoms with Gasteiger partial charge >= 0.3 is 0 Å². The van der Waals surface area contributed by atoms with Gasteiger partial charge in [-0.25, -0.2) is 0 Å². The number of benzene rings is 1. The predicted molar refractivity (Wildman–Crippen MR) is 71.6 cm³/mol. The molecule has 2 fully saturated rings. The first-order chi connectivity index (χ1) is 9.22. The number of nitrogens with one attached hydrogen (secondary N) is 1. The molecule has 4 heteroatoms. The molecule has 0 radical (unpaired) electrons. The molecule has 0 spiro atoms. The maximum Gasteiger partial charge on any atom is 0.239 e. The van der Waals surface area contributed by atoms with E-state index in [1.54, 1.807) is 4.90 Å². The van der Waals surface area contributed by atoms with Crippen molar-refractivity contribution in [2.75, 3.05) is 19.6 Å². The maximum absolute atomic E-state index is 12.7. The van der Waals surface area contributed by atoms with Crippen LogP contribution in [-0.2, 0) is 15.0 Å². The Morgan fingerprint density at radius 1 is 1.21 bits per heavy atom. The van der Waals surface area contributed by atoms with Crippen LogP contribution in [0.5, 0.6) is 0 Å². The molecule has 1 heterocycles. The number of carbonyl (C=O) groups excluding carboxylic acids is 2. The van der Waals surface area contributed by atoms with E-state index in [-0.39, 0.29) is 23.8 Å². The predicted octanol–water partition coefficient (Wildman–Crippen LogP) is 1.07. The summed E-state index contributed by atoms with van der Waals surface area (Å²) in [5.74, 6) is 0.0745. The highest BCUT2D eigenvalue weighted by Crippen LogP contribution is 2.49. The highest BCUT2D eigenvalue weighted by atomic mass is 16.2.